The summed E-state index contributed by atoms with van der Waals surface area (Å²) in [5.74, 6) is 1.49. The van der Waals surface area contributed by atoms with E-state index in [4.69, 9.17) is 4.99 Å². The standard InChI is InChI=1S/C18H27N3O.HI/c1-2-19-18(21-11-10-16(22)13-21)20-12-15-8-5-7-14-6-3-4-9-17(14)15;/h3-4,6,9,15-16,22H,2,5,7-8,10-13H2,1H3,(H,19,20);1H/t15?,16-;/m1./s1. The maximum absolute atomic E-state index is 9.74. The van der Waals surface area contributed by atoms with E-state index in [1.54, 1.807) is 0 Å². The lowest BCUT2D eigenvalue weighted by Gasteiger charge is -2.26. The second kappa shape index (κ2) is 8.87. The van der Waals surface area contributed by atoms with Crippen molar-refractivity contribution in [1.29, 1.82) is 0 Å². The van der Waals surface area contributed by atoms with Gasteiger partial charge in [0.25, 0.3) is 0 Å². The van der Waals surface area contributed by atoms with Gasteiger partial charge in [-0.2, -0.15) is 0 Å². The number of fused-ring (bicyclic) bond motifs is 1. The maximum Gasteiger partial charge on any atom is 0.194 e. The molecular formula is C18H28IN3O. The van der Waals surface area contributed by atoms with Crippen LogP contribution in [-0.2, 0) is 6.42 Å². The third-order valence-corrected chi connectivity index (χ3v) is 4.75. The summed E-state index contributed by atoms with van der Waals surface area (Å²) < 4.78 is 0. The molecule has 1 aliphatic carbocycles. The fourth-order valence-corrected chi connectivity index (χ4v) is 3.60. The summed E-state index contributed by atoms with van der Waals surface area (Å²) in [5.41, 5.74) is 2.98. The van der Waals surface area contributed by atoms with Crippen LogP contribution in [0, 0.1) is 0 Å². The Labute approximate surface area is 156 Å². The van der Waals surface area contributed by atoms with Crippen molar-refractivity contribution >= 4 is 29.9 Å². The van der Waals surface area contributed by atoms with Crippen LogP contribution in [-0.4, -0.2) is 48.2 Å². The molecule has 2 N–H and O–H groups in total. The minimum absolute atomic E-state index is 0. The van der Waals surface area contributed by atoms with Crippen LogP contribution in [0.5, 0.6) is 0 Å². The number of likely N-dealkylation sites (tertiary alicyclic amines) is 1. The lowest BCUT2D eigenvalue weighted by atomic mass is 9.83. The number of nitrogens with one attached hydrogen (secondary N) is 1. The molecule has 2 atom stereocenters. The first-order valence-corrected chi connectivity index (χ1v) is 8.57. The average Bonchev–Trinajstić information content (AvgIpc) is 2.98. The first kappa shape index (κ1) is 18.5. The molecule has 0 aromatic heterocycles. The monoisotopic (exact) mass is 429 g/mol. The Bertz CT molecular complexity index is 535. The normalized spacial score (nSPS) is 24.1. The molecule has 0 saturated carbocycles. The molecule has 1 aliphatic heterocycles. The quantitative estimate of drug-likeness (QED) is 0.442. The lowest BCUT2D eigenvalue weighted by molar-refractivity contribution is 0.188. The molecule has 1 fully saturated rings. The summed E-state index contributed by atoms with van der Waals surface area (Å²) in [6, 6.07) is 8.80. The van der Waals surface area contributed by atoms with Crippen molar-refractivity contribution < 1.29 is 5.11 Å². The van der Waals surface area contributed by atoms with Crippen molar-refractivity contribution in [1.82, 2.24) is 10.2 Å². The zero-order chi connectivity index (χ0) is 15.4. The summed E-state index contributed by atoms with van der Waals surface area (Å²) in [6.45, 7) is 5.40. The molecule has 0 bridgehead atoms. The Morgan fingerprint density at radius 2 is 2.17 bits per heavy atom. The number of rotatable bonds is 3. The number of β-amino-alcohol motifs (C(OH)–C–C–N with tert-alkyl or cyclic N) is 1. The van der Waals surface area contributed by atoms with Gasteiger partial charge in [0.15, 0.2) is 5.96 Å². The Hall–Kier alpha value is -0.820. The van der Waals surface area contributed by atoms with E-state index in [0.29, 0.717) is 12.5 Å². The van der Waals surface area contributed by atoms with Gasteiger partial charge >= 0.3 is 0 Å². The van der Waals surface area contributed by atoms with Crippen molar-refractivity contribution in [3.05, 3.63) is 35.4 Å². The number of aliphatic hydroxyl groups is 1. The van der Waals surface area contributed by atoms with Gasteiger partial charge in [0.05, 0.1) is 6.10 Å². The topological polar surface area (TPSA) is 47.9 Å². The Kier molecular flexibility index (Phi) is 7.14. The fraction of sp³-hybridized carbons (Fsp3) is 0.611. The largest absolute Gasteiger partial charge is 0.391 e. The van der Waals surface area contributed by atoms with Crippen LogP contribution in [0.2, 0.25) is 0 Å². The summed E-state index contributed by atoms with van der Waals surface area (Å²) >= 11 is 0. The highest BCUT2D eigenvalue weighted by atomic mass is 127. The van der Waals surface area contributed by atoms with Gasteiger partial charge in [-0.1, -0.05) is 24.3 Å². The van der Waals surface area contributed by atoms with Crippen LogP contribution in [0.3, 0.4) is 0 Å². The van der Waals surface area contributed by atoms with Crippen LogP contribution in [0.4, 0.5) is 0 Å². The average molecular weight is 429 g/mol. The molecule has 1 aromatic carbocycles. The Balaban J connectivity index is 0.00000192. The number of aliphatic imine (C=N–C) groups is 1. The van der Waals surface area contributed by atoms with Crippen molar-refractivity contribution in [3.63, 3.8) is 0 Å². The molecule has 0 spiro atoms. The minimum Gasteiger partial charge on any atom is -0.391 e. The molecule has 5 heteroatoms. The van der Waals surface area contributed by atoms with E-state index in [2.05, 4.69) is 41.4 Å². The number of halogens is 1. The predicted molar refractivity (Wildman–Crippen MR) is 106 cm³/mol. The molecule has 128 valence electrons. The van der Waals surface area contributed by atoms with Crippen LogP contribution < -0.4 is 5.32 Å². The molecule has 2 aliphatic rings. The van der Waals surface area contributed by atoms with E-state index in [1.807, 2.05) is 0 Å². The van der Waals surface area contributed by atoms with Crippen molar-refractivity contribution in [2.75, 3.05) is 26.2 Å². The van der Waals surface area contributed by atoms with Gasteiger partial charge in [0.2, 0.25) is 0 Å². The van der Waals surface area contributed by atoms with Crippen molar-refractivity contribution in [2.45, 2.75) is 44.6 Å². The highest BCUT2D eigenvalue weighted by Gasteiger charge is 2.24. The van der Waals surface area contributed by atoms with Gasteiger partial charge in [0.1, 0.15) is 0 Å². The van der Waals surface area contributed by atoms with E-state index < -0.39 is 0 Å². The Morgan fingerprint density at radius 3 is 2.91 bits per heavy atom. The van der Waals surface area contributed by atoms with E-state index in [-0.39, 0.29) is 30.1 Å². The molecule has 1 heterocycles. The molecule has 3 rings (SSSR count). The molecule has 1 saturated heterocycles. The number of aryl methyl sites for hydroxylation is 1. The number of hydrogen-bond acceptors (Lipinski definition) is 2. The SMILES string of the molecule is CCNC(=NCC1CCCc2ccccc21)N1CC[C@@H](O)C1.I. The summed E-state index contributed by atoms with van der Waals surface area (Å²) in [7, 11) is 0. The molecule has 23 heavy (non-hydrogen) atoms. The van der Waals surface area contributed by atoms with Gasteiger partial charge in [-0.05, 0) is 43.7 Å². The van der Waals surface area contributed by atoms with Crippen molar-refractivity contribution in [3.8, 4) is 0 Å². The second-order valence-corrected chi connectivity index (χ2v) is 6.37. The van der Waals surface area contributed by atoms with E-state index in [1.165, 1.54) is 30.4 Å². The van der Waals surface area contributed by atoms with Gasteiger partial charge in [-0.15, -0.1) is 24.0 Å². The highest BCUT2D eigenvalue weighted by molar-refractivity contribution is 14.0. The molecular weight excluding hydrogens is 401 g/mol. The Morgan fingerprint density at radius 1 is 1.35 bits per heavy atom. The number of guanidine groups is 1. The van der Waals surface area contributed by atoms with Gasteiger partial charge in [-0.3, -0.25) is 4.99 Å². The molecule has 0 amide bonds. The first-order chi connectivity index (χ1) is 10.8. The number of benzene rings is 1. The van der Waals surface area contributed by atoms with E-state index in [0.717, 1.165) is 32.0 Å². The van der Waals surface area contributed by atoms with Crippen LogP contribution >= 0.6 is 24.0 Å². The van der Waals surface area contributed by atoms with Crippen LogP contribution in [0.25, 0.3) is 0 Å². The second-order valence-electron chi connectivity index (χ2n) is 6.37. The fourth-order valence-electron chi connectivity index (χ4n) is 3.60. The third-order valence-electron chi connectivity index (χ3n) is 4.75. The molecule has 1 unspecified atom stereocenters. The molecule has 1 aromatic rings. The first-order valence-electron chi connectivity index (χ1n) is 8.57. The van der Waals surface area contributed by atoms with Crippen LogP contribution in [0.15, 0.2) is 29.3 Å². The molecule has 0 radical (unpaired) electrons. The minimum atomic E-state index is -0.209. The van der Waals surface area contributed by atoms with E-state index in [9.17, 15) is 5.11 Å². The zero-order valence-corrected chi connectivity index (χ0v) is 16.2. The number of aliphatic hydroxyl groups excluding tert-OH is 1. The van der Waals surface area contributed by atoms with Gasteiger partial charge < -0.3 is 15.3 Å². The van der Waals surface area contributed by atoms with Gasteiger partial charge in [0, 0.05) is 32.1 Å². The molecule has 4 nitrogen and oxygen atoms in total. The lowest BCUT2D eigenvalue weighted by Crippen LogP contribution is -2.40. The number of hydrogen-bond donors (Lipinski definition) is 2. The van der Waals surface area contributed by atoms with Crippen molar-refractivity contribution in [2.24, 2.45) is 4.99 Å². The third kappa shape index (κ3) is 4.59. The maximum atomic E-state index is 9.74. The predicted octanol–water partition coefficient (Wildman–Crippen LogP) is 2.76. The summed E-state index contributed by atoms with van der Waals surface area (Å²) in [5, 5.41) is 13.1. The smallest absolute Gasteiger partial charge is 0.194 e. The van der Waals surface area contributed by atoms with E-state index >= 15 is 0 Å². The summed E-state index contributed by atoms with van der Waals surface area (Å²) in [6.07, 6.45) is 4.32. The van der Waals surface area contributed by atoms with Gasteiger partial charge in [-0.25, -0.2) is 0 Å². The highest BCUT2D eigenvalue weighted by Crippen LogP contribution is 2.31. The van der Waals surface area contributed by atoms with Crippen LogP contribution in [0.1, 0.15) is 43.2 Å². The summed E-state index contributed by atoms with van der Waals surface area (Å²) in [4.78, 5) is 7.06. The number of nitrogens with zero attached hydrogens (tertiary/aromatic N) is 2. The zero-order valence-electron chi connectivity index (χ0n) is 13.9.